The molecule has 0 aromatic carbocycles. The SMILES string of the molecule is COC(=O)[C@@H]1C=C[C@H](C)[C@@H](C2CCCCC2)O1. The van der Waals surface area contributed by atoms with Gasteiger partial charge in [0.25, 0.3) is 0 Å². The first-order valence-corrected chi connectivity index (χ1v) is 6.64. The van der Waals surface area contributed by atoms with E-state index in [1.165, 1.54) is 39.2 Å². The Morgan fingerprint density at radius 3 is 2.59 bits per heavy atom. The maximum atomic E-state index is 11.5. The van der Waals surface area contributed by atoms with Crippen LogP contribution in [0.5, 0.6) is 0 Å². The molecule has 0 unspecified atom stereocenters. The number of hydrogen-bond donors (Lipinski definition) is 0. The van der Waals surface area contributed by atoms with Crippen LogP contribution in [0.1, 0.15) is 39.0 Å². The van der Waals surface area contributed by atoms with Crippen molar-refractivity contribution in [1.82, 2.24) is 0 Å². The van der Waals surface area contributed by atoms with Crippen molar-refractivity contribution < 1.29 is 14.3 Å². The van der Waals surface area contributed by atoms with Crippen LogP contribution in [0.15, 0.2) is 12.2 Å². The summed E-state index contributed by atoms with van der Waals surface area (Å²) in [7, 11) is 1.41. The van der Waals surface area contributed by atoms with Crippen molar-refractivity contribution in [3.8, 4) is 0 Å². The molecule has 0 N–H and O–H groups in total. The Labute approximate surface area is 103 Å². The molecule has 0 aromatic heterocycles. The van der Waals surface area contributed by atoms with Gasteiger partial charge in [-0.05, 0) is 24.8 Å². The van der Waals surface area contributed by atoms with E-state index in [-0.39, 0.29) is 12.1 Å². The fourth-order valence-electron chi connectivity index (χ4n) is 2.98. The molecule has 1 aliphatic carbocycles. The van der Waals surface area contributed by atoms with Gasteiger partial charge in [0.15, 0.2) is 6.10 Å². The van der Waals surface area contributed by atoms with E-state index < -0.39 is 6.10 Å². The van der Waals surface area contributed by atoms with Crippen LogP contribution in [0, 0.1) is 11.8 Å². The number of methoxy groups -OCH3 is 1. The highest BCUT2D eigenvalue weighted by atomic mass is 16.6. The fraction of sp³-hybridized carbons (Fsp3) is 0.786. The molecule has 0 saturated heterocycles. The van der Waals surface area contributed by atoms with Gasteiger partial charge in [-0.1, -0.05) is 32.3 Å². The first-order valence-electron chi connectivity index (χ1n) is 6.64. The average molecular weight is 238 g/mol. The predicted octanol–water partition coefficient (Wildman–Crippen LogP) is 2.70. The summed E-state index contributed by atoms with van der Waals surface area (Å²) in [6.45, 7) is 2.17. The first-order chi connectivity index (χ1) is 8.22. The Bertz CT molecular complexity index is 292. The van der Waals surface area contributed by atoms with Gasteiger partial charge in [0.2, 0.25) is 0 Å². The molecule has 0 radical (unpaired) electrons. The van der Waals surface area contributed by atoms with Crippen molar-refractivity contribution in [3.63, 3.8) is 0 Å². The zero-order valence-electron chi connectivity index (χ0n) is 10.7. The maximum Gasteiger partial charge on any atom is 0.339 e. The molecular formula is C14H22O3. The molecule has 3 nitrogen and oxygen atoms in total. The minimum atomic E-state index is -0.497. The van der Waals surface area contributed by atoms with Crippen molar-refractivity contribution in [2.24, 2.45) is 11.8 Å². The van der Waals surface area contributed by atoms with Crippen molar-refractivity contribution in [2.75, 3.05) is 7.11 Å². The highest BCUT2D eigenvalue weighted by Crippen LogP contribution is 2.34. The van der Waals surface area contributed by atoms with Crippen molar-refractivity contribution in [3.05, 3.63) is 12.2 Å². The number of rotatable bonds is 2. The number of carbonyl (C=O) groups excluding carboxylic acids is 1. The lowest BCUT2D eigenvalue weighted by atomic mass is 9.80. The molecule has 2 aliphatic rings. The van der Waals surface area contributed by atoms with Crippen molar-refractivity contribution in [1.29, 1.82) is 0 Å². The Balaban J connectivity index is 2.01. The summed E-state index contributed by atoms with van der Waals surface area (Å²) in [6.07, 6.45) is 10.0. The highest BCUT2D eigenvalue weighted by Gasteiger charge is 2.34. The Kier molecular flexibility index (Phi) is 4.21. The highest BCUT2D eigenvalue weighted by molar-refractivity contribution is 5.76. The lowest BCUT2D eigenvalue weighted by molar-refractivity contribution is -0.159. The van der Waals surface area contributed by atoms with E-state index in [1.54, 1.807) is 0 Å². The average Bonchev–Trinajstić information content (AvgIpc) is 2.39. The topological polar surface area (TPSA) is 35.5 Å². The Morgan fingerprint density at radius 2 is 1.94 bits per heavy atom. The van der Waals surface area contributed by atoms with Gasteiger partial charge < -0.3 is 9.47 Å². The van der Waals surface area contributed by atoms with Gasteiger partial charge in [-0.25, -0.2) is 4.79 Å². The first kappa shape index (κ1) is 12.6. The third kappa shape index (κ3) is 2.89. The second kappa shape index (κ2) is 5.67. The van der Waals surface area contributed by atoms with Crippen LogP contribution in [0.3, 0.4) is 0 Å². The summed E-state index contributed by atoms with van der Waals surface area (Å²) in [5.41, 5.74) is 0. The van der Waals surface area contributed by atoms with E-state index in [1.807, 2.05) is 6.08 Å². The number of hydrogen-bond acceptors (Lipinski definition) is 3. The molecule has 1 saturated carbocycles. The second-order valence-electron chi connectivity index (χ2n) is 5.19. The third-order valence-electron chi connectivity index (χ3n) is 3.96. The summed E-state index contributed by atoms with van der Waals surface area (Å²) in [4.78, 5) is 11.5. The smallest absolute Gasteiger partial charge is 0.339 e. The van der Waals surface area contributed by atoms with Gasteiger partial charge in [0.1, 0.15) is 0 Å². The van der Waals surface area contributed by atoms with Crippen molar-refractivity contribution >= 4 is 5.97 Å². The van der Waals surface area contributed by atoms with Gasteiger partial charge in [-0.15, -0.1) is 0 Å². The minimum absolute atomic E-state index is 0.185. The normalized spacial score (nSPS) is 34.6. The molecule has 3 heteroatoms. The number of ether oxygens (including phenoxy) is 2. The van der Waals surface area contributed by atoms with Crippen LogP contribution in [0.2, 0.25) is 0 Å². The minimum Gasteiger partial charge on any atom is -0.467 e. The van der Waals surface area contributed by atoms with E-state index in [9.17, 15) is 4.79 Å². The van der Waals surface area contributed by atoms with Gasteiger partial charge in [-0.2, -0.15) is 0 Å². The second-order valence-corrected chi connectivity index (χ2v) is 5.19. The lowest BCUT2D eigenvalue weighted by Crippen LogP contribution is -2.40. The molecule has 1 fully saturated rings. The summed E-state index contributed by atoms with van der Waals surface area (Å²) in [5.74, 6) is 0.726. The molecular weight excluding hydrogens is 216 g/mol. The predicted molar refractivity (Wildman–Crippen MR) is 65.6 cm³/mol. The fourth-order valence-corrected chi connectivity index (χ4v) is 2.98. The van der Waals surface area contributed by atoms with Crippen LogP contribution in [0.4, 0.5) is 0 Å². The number of carbonyl (C=O) groups is 1. The molecule has 2 rings (SSSR count). The van der Waals surface area contributed by atoms with Crippen LogP contribution >= 0.6 is 0 Å². The van der Waals surface area contributed by atoms with Crippen LogP contribution in [-0.4, -0.2) is 25.3 Å². The van der Waals surface area contributed by atoms with E-state index in [4.69, 9.17) is 9.47 Å². The van der Waals surface area contributed by atoms with Gasteiger partial charge in [0, 0.05) is 5.92 Å². The zero-order valence-corrected chi connectivity index (χ0v) is 10.7. The Hall–Kier alpha value is -0.830. The van der Waals surface area contributed by atoms with Crippen LogP contribution < -0.4 is 0 Å². The Morgan fingerprint density at radius 1 is 1.24 bits per heavy atom. The summed E-state index contributed by atoms with van der Waals surface area (Å²) in [5, 5.41) is 0. The summed E-state index contributed by atoms with van der Waals surface area (Å²) < 4.78 is 10.7. The van der Waals surface area contributed by atoms with Crippen LogP contribution in [0.25, 0.3) is 0 Å². The molecule has 3 atom stereocenters. The number of esters is 1. The molecule has 17 heavy (non-hydrogen) atoms. The quantitative estimate of drug-likeness (QED) is 0.548. The molecule has 0 spiro atoms. The molecule has 1 aliphatic heterocycles. The maximum absolute atomic E-state index is 11.5. The van der Waals surface area contributed by atoms with E-state index in [2.05, 4.69) is 13.0 Å². The zero-order chi connectivity index (χ0) is 12.3. The monoisotopic (exact) mass is 238 g/mol. The van der Waals surface area contributed by atoms with Gasteiger partial charge in [0.05, 0.1) is 13.2 Å². The summed E-state index contributed by atoms with van der Waals surface area (Å²) in [6, 6.07) is 0. The van der Waals surface area contributed by atoms with Gasteiger partial charge >= 0.3 is 5.97 Å². The van der Waals surface area contributed by atoms with Gasteiger partial charge in [-0.3, -0.25) is 0 Å². The standard InChI is InChI=1S/C14H22O3/c1-10-8-9-12(14(15)16-2)17-13(10)11-6-4-3-5-7-11/h8-13H,3-7H2,1-2H3/t10-,12-,13-/m0/s1. The molecule has 0 amide bonds. The van der Waals surface area contributed by atoms with E-state index >= 15 is 0 Å². The molecule has 0 bridgehead atoms. The van der Waals surface area contributed by atoms with E-state index in [0.717, 1.165) is 0 Å². The third-order valence-corrected chi connectivity index (χ3v) is 3.96. The largest absolute Gasteiger partial charge is 0.467 e. The molecule has 96 valence electrons. The summed E-state index contributed by atoms with van der Waals surface area (Å²) >= 11 is 0. The molecule has 1 heterocycles. The van der Waals surface area contributed by atoms with Crippen LogP contribution in [-0.2, 0) is 14.3 Å². The molecule has 0 aromatic rings. The lowest BCUT2D eigenvalue weighted by Gasteiger charge is -2.37. The van der Waals surface area contributed by atoms with Crippen molar-refractivity contribution in [2.45, 2.75) is 51.2 Å². The van der Waals surface area contributed by atoms with E-state index in [0.29, 0.717) is 11.8 Å².